The Hall–Kier alpha value is -1.31. The van der Waals surface area contributed by atoms with Gasteiger partial charge in [-0.3, -0.25) is 0 Å². The minimum absolute atomic E-state index is 0.759. The SMILES string of the molecule is CC(C)CCc1cc2cccnc2[nH]1. The van der Waals surface area contributed by atoms with Gasteiger partial charge < -0.3 is 4.98 Å². The minimum atomic E-state index is 0.759. The molecule has 0 aliphatic rings. The molecule has 2 heterocycles. The van der Waals surface area contributed by atoms with Gasteiger partial charge in [0.1, 0.15) is 5.65 Å². The molecule has 2 rings (SSSR count). The van der Waals surface area contributed by atoms with Crippen LogP contribution in [0, 0.1) is 5.92 Å². The van der Waals surface area contributed by atoms with E-state index in [1.165, 1.54) is 17.5 Å². The van der Waals surface area contributed by atoms with Crippen molar-refractivity contribution >= 4 is 11.0 Å². The van der Waals surface area contributed by atoms with Gasteiger partial charge in [0.05, 0.1) is 0 Å². The number of aromatic amines is 1. The number of nitrogens with one attached hydrogen (secondary N) is 1. The summed E-state index contributed by atoms with van der Waals surface area (Å²) in [7, 11) is 0. The summed E-state index contributed by atoms with van der Waals surface area (Å²) in [6, 6.07) is 6.27. The van der Waals surface area contributed by atoms with Crippen LogP contribution in [0.15, 0.2) is 24.4 Å². The Morgan fingerprint density at radius 2 is 2.29 bits per heavy atom. The Morgan fingerprint density at radius 1 is 1.43 bits per heavy atom. The molecule has 0 unspecified atom stereocenters. The molecule has 0 amide bonds. The lowest BCUT2D eigenvalue weighted by Crippen LogP contribution is -1.91. The summed E-state index contributed by atoms with van der Waals surface area (Å²) in [5.74, 6) is 0.759. The van der Waals surface area contributed by atoms with Gasteiger partial charge in [0.25, 0.3) is 0 Å². The summed E-state index contributed by atoms with van der Waals surface area (Å²) in [5, 5.41) is 1.21. The standard InChI is InChI=1S/C12H16N2/c1-9(2)5-6-11-8-10-4-3-7-13-12(10)14-11/h3-4,7-9H,5-6H2,1-2H3,(H,13,14). The number of nitrogens with zero attached hydrogens (tertiary/aromatic N) is 1. The number of hydrogen-bond acceptors (Lipinski definition) is 1. The molecule has 0 bridgehead atoms. The number of H-pyrrole nitrogens is 1. The number of hydrogen-bond donors (Lipinski definition) is 1. The highest BCUT2D eigenvalue weighted by molar-refractivity contribution is 5.76. The van der Waals surface area contributed by atoms with Crippen molar-refractivity contribution in [1.82, 2.24) is 9.97 Å². The summed E-state index contributed by atoms with van der Waals surface area (Å²) < 4.78 is 0. The van der Waals surface area contributed by atoms with E-state index in [1.807, 2.05) is 12.3 Å². The van der Waals surface area contributed by atoms with Gasteiger partial charge in [-0.2, -0.15) is 0 Å². The molecule has 0 atom stereocenters. The fraction of sp³-hybridized carbons (Fsp3) is 0.417. The highest BCUT2D eigenvalue weighted by atomic mass is 14.8. The molecule has 0 aliphatic heterocycles. The van der Waals surface area contributed by atoms with Crippen LogP contribution < -0.4 is 0 Å². The molecule has 2 aromatic heterocycles. The van der Waals surface area contributed by atoms with Crippen LogP contribution in [0.25, 0.3) is 11.0 Å². The van der Waals surface area contributed by atoms with Crippen LogP contribution in [0.4, 0.5) is 0 Å². The molecule has 2 aromatic rings. The van der Waals surface area contributed by atoms with Crippen molar-refractivity contribution in [2.45, 2.75) is 26.7 Å². The van der Waals surface area contributed by atoms with Crippen molar-refractivity contribution in [2.24, 2.45) is 5.92 Å². The first-order valence-corrected chi connectivity index (χ1v) is 5.18. The number of aryl methyl sites for hydroxylation is 1. The summed E-state index contributed by atoms with van der Waals surface area (Å²) >= 11 is 0. The summed E-state index contributed by atoms with van der Waals surface area (Å²) in [6.07, 6.45) is 4.17. The molecule has 74 valence electrons. The highest BCUT2D eigenvalue weighted by Gasteiger charge is 2.01. The highest BCUT2D eigenvalue weighted by Crippen LogP contribution is 2.14. The van der Waals surface area contributed by atoms with Crippen molar-refractivity contribution in [3.8, 4) is 0 Å². The zero-order valence-electron chi connectivity index (χ0n) is 8.75. The molecule has 0 saturated carbocycles. The number of pyridine rings is 1. The molecule has 0 spiro atoms. The lowest BCUT2D eigenvalue weighted by atomic mass is 10.1. The third-order valence-corrected chi connectivity index (χ3v) is 2.44. The molecular formula is C12H16N2. The molecule has 0 aromatic carbocycles. The molecular weight excluding hydrogens is 172 g/mol. The van der Waals surface area contributed by atoms with Crippen LogP contribution in [-0.4, -0.2) is 9.97 Å². The monoisotopic (exact) mass is 188 g/mol. The van der Waals surface area contributed by atoms with E-state index in [0.29, 0.717) is 0 Å². The maximum absolute atomic E-state index is 4.27. The van der Waals surface area contributed by atoms with Crippen LogP contribution >= 0.6 is 0 Å². The van der Waals surface area contributed by atoms with Crippen LogP contribution in [0.3, 0.4) is 0 Å². The van der Waals surface area contributed by atoms with E-state index in [-0.39, 0.29) is 0 Å². The number of aromatic nitrogens is 2. The fourth-order valence-electron chi connectivity index (χ4n) is 1.59. The van der Waals surface area contributed by atoms with Crippen LogP contribution in [0.2, 0.25) is 0 Å². The number of rotatable bonds is 3. The van der Waals surface area contributed by atoms with Crippen molar-refractivity contribution in [3.63, 3.8) is 0 Å². The number of fused-ring (bicyclic) bond motifs is 1. The maximum atomic E-state index is 4.27. The van der Waals surface area contributed by atoms with E-state index in [0.717, 1.165) is 18.0 Å². The third kappa shape index (κ3) is 1.95. The van der Waals surface area contributed by atoms with E-state index < -0.39 is 0 Å². The van der Waals surface area contributed by atoms with Gasteiger partial charge in [0.15, 0.2) is 0 Å². The average molecular weight is 188 g/mol. The van der Waals surface area contributed by atoms with E-state index in [4.69, 9.17) is 0 Å². The Labute approximate surface area is 84.4 Å². The predicted octanol–water partition coefficient (Wildman–Crippen LogP) is 3.15. The topological polar surface area (TPSA) is 28.7 Å². The van der Waals surface area contributed by atoms with Crippen molar-refractivity contribution in [3.05, 3.63) is 30.1 Å². The van der Waals surface area contributed by atoms with Gasteiger partial charge in [-0.25, -0.2) is 4.98 Å². The van der Waals surface area contributed by atoms with E-state index in [2.05, 4.69) is 35.9 Å². The van der Waals surface area contributed by atoms with Gasteiger partial charge in [-0.1, -0.05) is 13.8 Å². The lowest BCUT2D eigenvalue weighted by Gasteiger charge is -2.01. The van der Waals surface area contributed by atoms with E-state index in [1.54, 1.807) is 0 Å². The first kappa shape index (κ1) is 9.25. The van der Waals surface area contributed by atoms with Crippen LogP contribution in [-0.2, 0) is 6.42 Å². The largest absolute Gasteiger partial charge is 0.343 e. The minimum Gasteiger partial charge on any atom is -0.343 e. The molecule has 2 heteroatoms. The quantitative estimate of drug-likeness (QED) is 0.787. The first-order chi connectivity index (χ1) is 6.75. The second kappa shape index (κ2) is 3.82. The molecule has 0 fully saturated rings. The fourth-order valence-corrected chi connectivity index (χ4v) is 1.59. The summed E-state index contributed by atoms with van der Waals surface area (Å²) in [4.78, 5) is 7.61. The Bertz CT molecular complexity index is 382. The van der Waals surface area contributed by atoms with Gasteiger partial charge >= 0.3 is 0 Å². The normalized spacial score (nSPS) is 11.4. The predicted molar refractivity (Wildman–Crippen MR) is 59.3 cm³/mol. The van der Waals surface area contributed by atoms with Gasteiger partial charge in [-0.05, 0) is 37.0 Å². The van der Waals surface area contributed by atoms with Gasteiger partial charge in [-0.15, -0.1) is 0 Å². The van der Waals surface area contributed by atoms with Crippen LogP contribution in [0.5, 0.6) is 0 Å². The molecule has 0 aliphatic carbocycles. The van der Waals surface area contributed by atoms with Crippen molar-refractivity contribution in [2.75, 3.05) is 0 Å². The molecule has 0 radical (unpaired) electrons. The molecule has 2 nitrogen and oxygen atoms in total. The molecule has 14 heavy (non-hydrogen) atoms. The molecule has 0 saturated heterocycles. The van der Waals surface area contributed by atoms with Crippen LogP contribution in [0.1, 0.15) is 26.0 Å². The van der Waals surface area contributed by atoms with E-state index in [9.17, 15) is 0 Å². The second-order valence-electron chi connectivity index (χ2n) is 4.17. The second-order valence-corrected chi connectivity index (χ2v) is 4.17. The van der Waals surface area contributed by atoms with Crippen molar-refractivity contribution in [1.29, 1.82) is 0 Å². The molecule has 1 N–H and O–H groups in total. The van der Waals surface area contributed by atoms with E-state index >= 15 is 0 Å². The third-order valence-electron chi connectivity index (χ3n) is 2.44. The average Bonchev–Trinajstić information content (AvgIpc) is 2.57. The maximum Gasteiger partial charge on any atom is 0.137 e. The van der Waals surface area contributed by atoms with Gasteiger partial charge in [0.2, 0.25) is 0 Å². The first-order valence-electron chi connectivity index (χ1n) is 5.18. The van der Waals surface area contributed by atoms with Crippen molar-refractivity contribution < 1.29 is 0 Å². The lowest BCUT2D eigenvalue weighted by molar-refractivity contribution is 0.583. The Balaban J connectivity index is 2.19. The summed E-state index contributed by atoms with van der Waals surface area (Å²) in [5.41, 5.74) is 2.30. The zero-order valence-corrected chi connectivity index (χ0v) is 8.75. The smallest absolute Gasteiger partial charge is 0.137 e. The Morgan fingerprint density at radius 3 is 3.00 bits per heavy atom. The zero-order chi connectivity index (χ0) is 9.97. The summed E-state index contributed by atoms with van der Waals surface area (Å²) in [6.45, 7) is 4.50. The van der Waals surface area contributed by atoms with Gasteiger partial charge in [0, 0.05) is 17.3 Å². The Kier molecular flexibility index (Phi) is 2.53.